The zero-order valence-electron chi connectivity index (χ0n) is 15.6. The minimum Gasteiger partial charge on any atom is -0.497 e. The Labute approximate surface area is 168 Å². The third-order valence-electron chi connectivity index (χ3n) is 4.12. The first-order valence-electron chi connectivity index (χ1n) is 8.60. The van der Waals surface area contributed by atoms with Gasteiger partial charge in [-0.3, -0.25) is 4.79 Å². The summed E-state index contributed by atoms with van der Waals surface area (Å²) in [7, 11) is 3.11. The molecule has 1 amide bonds. The Hall–Kier alpha value is -3.18. The topological polar surface area (TPSA) is 56.8 Å². The van der Waals surface area contributed by atoms with Crippen LogP contribution in [-0.4, -0.2) is 20.1 Å². The van der Waals surface area contributed by atoms with Crippen LogP contribution in [0.5, 0.6) is 17.2 Å². The van der Waals surface area contributed by atoms with Gasteiger partial charge in [0, 0.05) is 22.2 Å². The van der Waals surface area contributed by atoms with Crippen molar-refractivity contribution in [3.63, 3.8) is 0 Å². The normalized spacial score (nSPS) is 10.2. The van der Waals surface area contributed by atoms with E-state index in [0.29, 0.717) is 40.1 Å². The summed E-state index contributed by atoms with van der Waals surface area (Å²) in [6, 6.07) is 19.6. The van der Waals surface area contributed by atoms with Gasteiger partial charge in [0.1, 0.15) is 23.9 Å². The van der Waals surface area contributed by atoms with E-state index in [1.807, 2.05) is 24.3 Å². The van der Waals surface area contributed by atoms with Gasteiger partial charge in [-0.1, -0.05) is 29.8 Å². The molecule has 1 N–H and O–H groups in total. The van der Waals surface area contributed by atoms with Crippen molar-refractivity contribution < 1.29 is 19.0 Å². The van der Waals surface area contributed by atoms with Gasteiger partial charge in [-0.15, -0.1) is 0 Å². The second-order valence-electron chi connectivity index (χ2n) is 5.92. The lowest BCUT2D eigenvalue weighted by atomic mass is 10.2. The van der Waals surface area contributed by atoms with Crippen LogP contribution in [0.2, 0.25) is 5.02 Å². The Morgan fingerprint density at radius 3 is 2.32 bits per heavy atom. The van der Waals surface area contributed by atoms with Gasteiger partial charge in [-0.2, -0.15) is 0 Å². The summed E-state index contributed by atoms with van der Waals surface area (Å²) in [5.41, 5.74) is 1.93. The first kappa shape index (κ1) is 19.6. The highest BCUT2D eigenvalue weighted by Crippen LogP contribution is 2.29. The van der Waals surface area contributed by atoms with Crippen LogP contribution in [0.3, 0.4) is 0 Å². The van der Waals surface area contributed by atoms with Crippen LogP contribution in [0.4, 0.5) is 5.69 Å². The van der Waals surface area contributed by atoms with E-state index < -0.39 is 0 Å². The smallest absolute Gasteiger partial charge is 0.255 e. The molecule has 0 atom stereocenters. The van der Waals surface area contributed by atoms with Crippen LogP contribution in [0.1, 0.15) is 15.9 Å². The van der Waals surface area contributed by atoms with Crippen molar-refractivity contribution >= 4 is 23.2 Å². The zero-order valence-corrected chi connectivity index (χ0v) is 16.3. The lowest BCUT2D eigenvalue weighted by molar-refractivity contribution is 0.102. The summed E-state index contributed by atoms with van der Waals surface area (Å²) in [5, 5.41) is 3.49. The Bertz CT molecular complexity index is 957. The fourth-order valence-corrected chi connectivity index (χ4v) is 2.78. The summed E-state index contributed by atoms with van der Waals surface area (Å²) >= 11 is 6.13. The molecule has 0 aromatic heterocycles. The molecule has 0 radical (unpaired) electrons. The van der Waals surface area contributed by atoms with Crippen LogP contribution in [-0.2, 0) is 6.61 Å². The van der Waals surface area contributed by atoms with E-state index in [1.165, 1.54) is 0 Å². The van der Waals surface area contributed by atoms with E-state index in [2.05, 4.69) is 5.32 Å². The first-order chi connectivity index (χ1) is 13.6. The van der Waals surface area contributed by atoms with Crippen LogP contribution < -0.4 is 19.5 Å². The number of methoxy groups -OCH3 is 2. The van der Waals surface area contributed by atoms with Crippen molar-refractivity contribution in [2.24, 2.45) is 0 Å². The summed E-state index contributed by atoms with van der Waals surface area (Å²) < 4.78 is 16.2. The quantitative estimate of drug-likeness (QED) is 0.596. The highest BCUT2D eigenvalue weighted by molar-refractivity contribution is 6.31. The van der Waals surface area contributed by atoms with Gasteiger partial charge in [-0.25, -0.2) is 0 Å². The predicted octanol–water partition coefficient (Wildman–Crippen LogP) is 5.19. The van der Waals surface area contributed by atoms with Crippen molar-refractivity contribution in [1.82, 2.24) is 0 Å². The molecule has 0 saturated heterocycles. The minimum atomic E-state index is -0.260. The molecule has 0 aliphatic heterocycles. The van der Waals surface area contributed by atoms with E-state index in [-0.39, 0.29) is 5.91 Å². The molecule has 6 heteroatoms. The first-order valence-corrected chi connectivity index (χ1v) is 8.98. The molecule has 3 rings (SSSR count). The maximum Gasteiger partial charge on any atom is 0.255 e. The fourth-order valence-electron chi connectivity index (χ4n) is 2.59. The molecule has 3 aromatic carbocycles. The molecule has 0 aliphatic rings. The number of benzene rings is 3. The molecule has 0 spiro atoms. The van der Waals surface area contributed by atoms with E-state index in [4.69, 9.17) is 25.8 Å². The number of amides is 1. The van der Waals surface area contributed by atoms with Gasteiger partial charge < -0.3 is 19.5 Å². The van der Waals surface area contributed by atoms with Gasteiger partial charge in [0.25, 0.3) is 5.91 Å². The number of hydrogen-bond donors (Lipinski definition) is 1. The standard InChI is InChI=1S/C22H20ClNO4/c1-26-18-11-12-21(27-2)20(13-18)24-22(25)15-7-9-17(10-8-15)28-14-16-5-3-4-6-19(16)23/h3-13H,14H2,1-2H3,(H,24,25). The molecule has 0 heterocycles. The zero-order chi connectivity index (χ0) is 19.9. The number of carbonyl (C=O) groups is 1. The third-order valence-corrected chi connectivity index (χ3v) is 4.49. The van der Waals surface area contributed by atoms with E-state index in [9.17, 15) is 4.79 Å². The number of nitrogens with one attached hydrogen (secondary N) is 1. The summed E-state index contributed by atoms with van der Waals surface area (Å²) in [4.78, 5) is 12.6. The van der Waals surface area contributed by atoms with Crippen molar-refractivity contribution in [1.29, 1.82) is 0 Å². The summed E-state index contributed by atoms with van der Waals surface area (Å²) in [5.74, 6) is 1.56. The van der Waals surface area contributed by atoms with Gasteiger partial charge in [0.15, 0.2) is 0 Å². The Morgan fingerprint density at radius 1 is 0.929 bits per heavy atom. The van der Waals surface area contributed by atoms with Gasteiger partial charge in [0.05, 0.1) is 19.9 Å². The lowest BCUT2D eigenvalue weighted by Gasteiger charge is -2.12. The van der Waals surface area contributed by atoms with Crippen LogP contribution >= 0.6 is 11.6 Å². The molecule has 3 aromatic rings. The Morgan fingerprint density at radius 2 is 1.64 bits per heavy atom. The highest BCUT2D eigenvalue weighted by atomic mass is 35.5. The molecule has 0 bridgehead atoms. The molecule has 0 saturated carbocycles. The molecule has 5 nitrogen and oxygen atoms in total. The Kier molecular flexibility index (Phi) is 6.40. The molecule has 28 heavy (non-hydrogen) atoms. The SMILES string of the molecule is COc1ccc(OC)c(NC(=O)c2ccc(OCc3ccccc3Cl)cc2)c1. The fraction of sp³-hybridized carbons (Fsp3) is 0.136. The molecular weight excluding hydrogens is 378 g/mol. The predicted molar refractivity (Wildman–Crippen MR) is 110 cm³/mol. The van der Waals surface area contributed by atoms with Gasteiger partial charge in [0.2, 0.25) is 0 Å². The lowest BCUT2D eigenvalue weighted by Crippen LogP contribution is -2.12. The van der Waals surface area contributed by atoms with Crippen LogP contribution in [0, 0.1) is 0 Å². The summed E-state index contributed by atoms with van der Waals surface area (Å²) in [6.45, 7) is 0.353. The second kappa shape index (κ2) is 9.15. The van der Waals surface area contributed by atoms with E-state index >= 15 is 0 Å². The maximum absolute atomic E-state index is 12.6. The van der Waals surface area contributed by atoms with Gasteiger partial charge >= 0.3 is 0 Å². The van der Waals surface area contributed by atoms with Crippen LogP contribution in [0.25, 0.3) is 0 Å². The third kappa shape index (κ3) is 4.75. The number of rotatable bonds is 7. The van der Waals surface area contributed by atoms with Gasteiger partial charge in [-0.05, 0) is 42.5 Å². The van der Waals surface area contributed by atoms with Crippen LogP contribution in [0.15, 0.2) is 66.7 Å². The number of carbonyl (C=O) groups excluding carboxylic acids is 1. The van der Waals surface area contributed by atoms with Crippen molar-refractivity contribution in [2.75, 3.05) is 19.5 Å². The molecule has 144 valence electrons. The van der Waals surface area contributed by atoms with Crippen molar-refractivity contribution in [3.8, 4) is 17.2 Å². The second-order valence-corrected chi connectivity index (χ2v) is 6.33. The number of anilines is 1. The average Bonchev–Trinajstić information content (AvgIpc) is 2.73. The number of ether oxygens (including phenoxy) is 3. The minimum absolute atomic E-state index is 0.260. The van der Waals surface area contributed by atoms with E-state index in [0.717, 1.165) is 5.56 Å². The molecular formula is C22H20ClNO4. The van der Waals surface area contributed by atoms with Crippen molar-refractivity contribution in [2.45, 2.75) is 6.61 Å². The average molecular weight is 398 g/mol. The molecule has 0 unspecified atom stereocenters. The molecule has 0 fully saturated rings. The maximum atomic E-state index is 12.6. The number of hydrogen-bond acceptors (Lipinski definition) is 4. The monoisotopic (exact) mass is 397 g/mol. The highest BCUT2D eigenvalue weighted by Gasteiger charge is 2.11. The number of halogens is 1. The van der Waals surface area contributed by atoms with Crippen molar-refractivity contribution in [3.05, 3.63) is 82.9 Å². The van der Waals surface area contributed by atoms with E-state index in [1.54, 1.807) is 56.7 Å². The molecule has 0 aliphatic carbocycles. The largest absolute Gasteiger partial charge is 0.497 e. The Balaban J connectivity index is 1.66. The summed E-state index contributed by atoms with van der Waals surface area (Å²) in [6.07, 6.45) is 0.